The summed E-state index contributed by atoms with van der Waals surface area (Å²) in [5.74, 6) is -1.72. The summed E-state index contributed by atoms with van der Waals surface area (Å²) in [6.45, 7) is -0.565. The molecule has 2 amide bonds. The summed E-state index contributed by atoms with van der Waals surface area (Å²) in [5.41, 5.74) is 5.34. The molecule has 8 heteroatoms. The number of hydrogen-bond acceptors (Lipinski definition) is 3. The van der Waals surface area contributed by atoms with Crippen LogP contribution in [0.3, 0.4) is 0 Å². The SMILES string of the molecule is NC(=O)CONC(=O)c1cccc(C(F)(F)F)c1. The zero-order valence-corrected chi connectivity index (χ0v) is 8.95. The minimum atomic E-state index is -4.54. The fourth-order valence-electron chi connectivity index (χ4n) is 1.07. The largest absolute Gasteiger partial charge is 0.416 e. The fraction of sp³-hybridized carbons (Fsp3) is 0.200. The van der Waals surface area contributed by atoms with Gasteiger partial charge in [0.2, 0.25) is 5.91 Å². The smallest absolute Gasteiger partial charge is 0.368 e. The number of halogens is 3. The Hall–Kier alpha value is -2.09. The molecule has 1 aromatic rings. The molecule has 1 rings (SSSR count). The van der Waals surface area contributed by atoms with Gasteiger partial charge in [-0.05, 0) is 18.2 Å². The molecule has 0 saturated heterocycles. The lowest BCUT2D eigenvalue weighted by Crippen LogP contribution is -2.29. The summed E-state index contributed by atoms with van der Waals surface area (Å²) >= 11 is 0. The van der Waals surface area contributed by atoms with Crippen LogP contribution in [0.25, 0.3) is 0 Å². The van der Waals surface area contributed by atoms with Crippen LogP contribution in [0.2, 0.25) is 0 Å². The van der Waals surface area contributed by atoms with Crippen molar-refractivity contribution in [3.8, 4) is 0 Å². The quantitative estimate of drug-likeness (QED) is 0.789. The van der Waals surface area contributed by atoms with Crippen molar-refractivity contribution in [1.82, 2.24) is 5.48 Å². The Morgan fingerprint density at radius 1 is 1.33 bits per heavy atom. The normalized spacial score (nSPS) is 11.1. The van der Waals surface area contributed by atoms with Gasteiger partial charge in [-0.25, -0.2) is 5.48 Å². The Kier molecular flexibility index (Phi) is 4.27. The Bertz CT molecular complexity index is 460. The maximum absolute atomic E-state index is 12.4. The molecule has 0 heterocycles. The van der Waals surface area contributed by atoms with Crippen LogP contribution in [0, 0.1) is 0 Å². The molecule has 0 spiro atoms. The van der Waals surface area contributed by atoms with Gasteiger partial charge in [0.25, 0.3) is 5.91 Å². The molecule has 0 radical (unpaired) electrons. The summed E-state index contributed by atoms with van der Waals surface area (Å²) in [4.78, 5) is 26.0. The topological polar surface area (TPSA) is 81.4 Å². The molecule has 0 atom stereocenters. The van der Waals surface area contributed by atoms with E-state index < -0.39 is 30.2 Å². The summed E-state index contributed by atoms with van der Waals surface area (Å²) in [6.07, 6.45) is -4.54. The molecule has 0 aliphatic heterocycles. The van der Waals surface area contributed by atoms with Crippen LogP contribution < -0.4 is 11.2 Å². The van der Waals surface area contributed by atoms with Crippen molar-refractivity contribution in [1.29, 1.82) is 0 Å². The first kappa shape index (κ1) is 14.0. The van der Waals surface area contributed by atoms with Gasteiger partial charge in [0.1, 0.15) is 0 Å². The second-order valence-corrected chi connectivity index (χ2v) is 3.26. The van der Waals surface area contributed by atoms with Gasteiger partial charge >= 0.3 is 6.18 Å². The summed E-state index contributed by atoms with van der Waals surface area (Å²) in [5, 5.41) is 0. The van der Waals surface area contributed by atoms with Crippen LogP contribution in [-0.4, -0.2) is 18.4 Å². The molecular weight excluding hydrogens is 253 g/mol. The van der Waals surface area contributed by atoms with Crippen molar-refractivity contribution in [3.63, 3.8) is 0 Å². The molecule has 0 saturated carbocycles. The lowest BCUT2D eigenvalue weighted by atomic mass is 10.1. The van der Waals surface area contributed by atoms with Crippen molar-refractivity contribution in [2.75, 3.05) is 6.61 Å². The first-order valence-electron chi connectivity index (χ1n) is 4.68. The van der Waals surface area contributed by atoms with E-state index in [0.29, 0.717) is 6.07 Å². The summed E-state index contributed by atoms with van der Waals surface area (Å²) in [6, 6.07) is 3.77. The predicted octanol–water partition coefficient (Wildman–Crippen LogP) is 0.852. The van der Waals surface area contributed by atoms with Crippen LogP contribution in [0.15, 0.2) is 24.3 Å². The van der Waals surface area contributed by atoms with Gasteiger partial charge in [-0.15, -0.1) is 0 Å². The molecule has 5 nitrogen and oxygen atoms in total. The van der Waals surface area contributed by atoms with Gasteiger partial charge in [0.05, 0.1) is 5.56 Å². The monoisotopic (exact) mass is 262 g/mol. The molecule has 0 fully saturated rings. The zero-order chi connectivity index (χ0) is 13.8. The van der Waals surface area contributed by atoms with Crippen LogP contribution >= 0.6 is 0 Å². The lowest BCUT2D eigenvalue weighted by Gasteiger charge is -2.08. The van der Waals surface area contributed by atoms with E-state index in [1.807, 2.05) is 0 Å². The van der Waals surface area contributed by atoms with Gasteiger partial charge in [0, 0.05) is 5.56 Å². The fourth-order valence-corrected chi connectivity index (χ4v) is 1.07. The second kappa shape index (κ2) is 5.50. The van der Waals surface area contributed by atoms with Gasteiger partial charge in [-0.1, -0.05) is 6.07 Å². The van der Waals surface area contributed by atoms with Gasteiger partial charge in [-0.3, -0.25) is 14.4 Å². The summed E-state index contributed by atoms with van der Waals surface area (Å²) < 4.78 is 37.1. The standard InChI is InChI=1S/C10H9F3N2O3/c11-10(12,13)7-3-1-2-6(4-7)9(17)15-18-5-8(14)16/h1-4H,5H2,(H2,14,16)(H,15,17). The number of rotatable bonds is 4. The highest BCUT2D eigenvalue weighted by atomic mass is 19.4. The zero-order valence-electron chi connectivity index (χ0n) is 8.95. The number of carbonyl (C=O) groups is 2. The average Bonchev–Trinajstić information content (AvgIpc) is 2.27. The highest BCUT2D eigenvalue weighted by Crippen LogP contribution is 2.29. The molecular formula is C10H9F3N2O3. The lowest BCUT2D eigenvalue weighted by molar-refractivity contribution is -0.137. The van der Waals surface area contributed by atoms with E-state index in [2.05, 4.69) is 4.84 Å². The molecule has 0 bridgehead atoms. The molecule has 0 aromatic heterocycles. The van der Waals surface area contributed by atoms with Crippen LogP contribution in [0.5, 0.6) is 0 Å². The number of benzene rings is 1. The Labute approximate surface area is 99.7 Å². The number of carbonyl (C=O) groups excluding carboxylic acids is 2. The number of amides is 2. The minimum absolute atomic E-state index is 0.241. The maximum atomic E-state index is 12.4. The van der Waals surface area contributed by atoms with Gasteiger partial charge in [-0.2, -0.15) is 13.2 Å². The highest BCUT2D eigenvalue weighted by Gasteiger charge is 2.30. The van der Waals surface area contributed by atoms with Crippen molar-refractivity contribution in [2.45, 2.75) is 6.18 Å². The maximum Gasteiger partial charge on any atom is 0.416 e. The average molecular weight is 262 g/mol. The molecule has 3 N–H and O–H groups in total. The molecule has 0 aliphatic rings. The first-order valence-corrected chi connectivity index (χ1v) is 4.68. The van der Waals surface area contributed by atoms with E-state index in [9.17, 15) is 22.8 Å². The van der Waals surface area contributed by atoms with Crippen LogP contribution in [0.1, 0.15) is 15.9 Å². The third-order valence-electron chi connectivity index (χ3n) is 1.83. The third-order valence-corrected chi connectivity index (χ3v) is 1.83. The number of nitrogens with two attached hydrogens (primary N) is 1. The predicted molar refractivity (Wildman–Crippen MR) is 54.1 cm³/mol. The third kappa shape index (κ3) is 4.06. The Morgan fingerprint density at radius 2 is 2.00 bits per heavy atom. The number of primary amides is 1. The second-order valence-electron chi connectivity index (χ2n) is 3.26. The number of hydroxylamine groups is 1. The van der Waals surface area contributed by atoms with Crippen molar-refractivity contribution >= 4 is 11.8 Å². The van der Waals surface area contributed by atoms with E-state index in [-0.39, 0.29) is 5.56 Å². The van der Waals surface area contributed by atoms with E-state index >= 15 is 0 Å². The van der Waals surface area contributed by atoms with Crippen molar-refractivity contribution < 1.29 is 27.6 Å². The summed E-state index contributed by atoms with van der Waals surface area (Å²) in [7, 11) is 0. The Balaban J connectivity index is 2.72. The molecule has 0 aliphatic carbocycles. The van der Waals surface area contributed by atoms with Crippen LogP contribution in [-0.2, 0) is 15.8 Å². The molecule has 98 valence electrons. The molecule has 0 unspecified atom stereocenters. The van der Waals surface area contributed by atoms with E-state index in [1.165, 1.54) is 6.07 Å². The Morgan fingerprint density at radius 3 is 2.56 bits per heavy atom. The van der Waals surface area contributed by atoms with Crippen LogP contribution in [0.4, 0.5) is 13.2 Å². The number of hydrogen-bond donors (Lipinski definition) is 2. The van der Waals surface area contributed by atoms with Crippen molar-refractivity contribution in [3.05, 3.63) is 35.4 Å². The van der Waals surface area contributed by atoms with E-state index in [0.717, 1.165) is 12.1 Å². The van der Waals surface area contributed by atoms with E-state index in [4.69, 9.17) is 5.73 Å². The first-order chi connectivity index (χ1) is 8.30. The van der Waals surface area contributed by atoms with Crippen molar-refractivity contribution in [2.24, 2.45) is 5.73 Å². The highest BCUT2D eigenvalue weighted by molar-refractivity contribution is 5.93. The molecule has 1 aromatic carbocycles. The van der Waals surface area contributed by atoms with Gasteiger partial charge < -0.3 is 5.73 Å². The van der Waals surface area contributed by atoms with E-state index in [1.54, 1.807) is 5.48 Å². The molecule has 18 heavy (non-hydrogen) atoms. The number of nitrogens with one attached hydrogen (secondary N) is 1. The van der Waals surface area contributed by atoms with Gasteiger partial charge in [0.15, 0.2) is 6.61 Å². The number of alkyl halides is 3. The minimum Gasteiger partial charge on any atom is -0.368 e.